The zero-order chi connectivity index (χ0) is 28.0. The van der Waals surface area contributed by atoms with Gasteiger partial charge in [0.15, 0.2) is 0 Å². The molecule has 37 heavy (non-hydrogen) atoms. The molecule has 0 heterocycles. The van der Waals surface area contributed by atoms with Crippen LogP contribution in [0.4, 0.5) is 13.2 Å². The second kappa shape index (κ2) is 15.8. The standard InChI is InChI=1S/C17H20F3N2OP.C11H14O2/c1-11(2)10-15(21-4)16(24-5)22-12(3)13-6-8-14(9-7-13)23-17(18,19)20;1-3-9-5-7-10(8-6-9)11(12)13-4-2/h6-10,24H,3H2,1-2,4-5H3;5-8H,3-4H2,1-2H3. The summed E-state index contributed by atoms with van der Waals surface area (Å²) in [7, 11) is 2.09. The van der Waals surface area contributed by atoms with Gasteiger partial charge in [-0.15, -0.1) is 13.2 Å². The van der Waals surface area contributed by atoms with Crippen LogP contribution in [0.2, 0.25) is 0 Å². The zero-order valence-corrected chi connectivity index (χ0v) is 23.1. The highest BCUT2D eigenvalue weighted by atomic mass is 31.1. The van der Waals surface area contributed by atoms with E-state index in [1.165, 1.54) is 29.8 Å². The van der Waals surface area contributed by atoms with Gasteiger partial charge in [-0.1, -0.05) is 39.8 Å². The van der Waals surface area contributed by atoms with Gasteiger partial charge in [0.2, 0.25) is 0 Å². The van der Waals surface area contributed by atoms with Crippen molar-refractivity contribution in [3.05, 3.63) is 83.4 Å². The van der Waals surface area contributed by atoms with E-state index in [0.29, 0.717) is 32.0 Å². The Morgan fingerprint density at radius 3 is 2.03 bits per heavy atom. The Bertz CT molecular complexity index is 1120. The van der Waals surface area contributed by atoms with Crippen molar-refractivity contribution in [1.82, 2.24) is 0 Å². The van der Waals surface area contributed by atoms with Crippen molar-refractivity contribution in [2.24, 2.45) is 9.98 Å². The lowest BCUT2D eigenvalue weighted by Gasteiger charge is -2.10. The number of carbonyl (C=O) groups excluding carboxylic acids is 1. The fourth-order valence-corrected chi connectivity index (χ4v) is 3.58. The van der Waals surface area contributed by atoms with Gasteiger partial charge in [-0.05, 0) is 87.5 Å². The molecule has 0 bridgehead atoms. The summed E-state index contributed by atoms with van der Waals surface area (Å²) in [4.78, 5) is 19.9. The van der Waals surface area contributed by atoms with Gasteiger partial charge in [-0.25, -0.2) is 9.79 Å². The molecule has 200 valence electrons. The highest BCUT2D eigenvalue weighted by Gasteiger charge is 2.30. The molecule has 0 fully saturated rings. The first-order chi connectivity index (χ1) is 17.4. The van der Waals surface area contributed by atoms with E-state index in [4.69, 9.17) is 4.74 Å². The summed E-state index contributed by atoms with van der Waals surface area (Å²) in [5, 5.41) is 0. The van der Waals surface area contributed by atoms with Gasteiger partial charge < -0.3 is 9.47 Å². The maximum atomic E-state index is 12.2. The number of rotatable bonds is 9. The molecule has 9 heteroatoms. The van der Waals surface area contributed by atoms with Gasteiger partial charge in [0.05, 0.1) is 29.0 Å². The average Bonchev–Trinajstić information content (AvgIpc) is 2.85. The van der Waals surface area contributed by atoms with E-state index in [9.17, 15) is 18.0 Å². The van der Waals surface area contributed by atoms with Crippen molar-refractivity contribution >= 4 is 31.4 Å². The van der Waals surface area contributed by atoms with Crippen LogP contribution < -0.4 is 4.74 Å². The highest BCUT2D eigenvalue weighted by molar-refractivity contribution is 7.61. The molecule has 0 amide bonds. The lowest BCUT2D eigenvalue weighted by molar-refractivity contribution is -0.274. The molecule has 1 atom stereocenters. The predicted molar refractivity (Wildman–Crippen MR) is 148 cm³/mol. The summed E-state index contributed by atoms with van der Waals surface area (Å²) < 4.78 is 45.2. The summed E-state index contributed by atoms with van der Waals surface area (Å²) in [6.45, 7) is 14.1. The Morgan fingerprint density at radius 1 is 1.03 bits per heavy atom. The van der Waals surface area contributed by atoms with Crippen molar-refractivity contribution in [2.75, 3.05) is 20.3 Å². The molecule has 0 aliphatic heterocycles. The molecule has 1 unspecified atom stereocenters. The number of hydrogen-bond donors (Lipinski definition) is 0. The second-order valence-electron chi connectivity index (χ2n) is 7.83. The first-order valence-corrected chi connectivity index (χ1v) is 13.1. The Balaban J connectivity index is 0.000000442. The van der Waals surface area contributed by atoms with Gasteiger partial charge in [0, 0.05) is 7.05 Å². The van der Waals surface area contributed by atoms with Crippen LogP contribution in [0, 0.1) is 0 Å². The molecule has 2 aromatic rings. The number of halogens is 3. The van der Waals surface area contributed by atoms with Crippen molar-refractivity contribution in [2.45, 2.75) is 40.5 Å². The maximum absolute atomic E-state index is 12.2. The van der Waals surface area contributed by atoms with Gasteiger partial charge in [-0.3, -0.25) is 4.99 Å². The van der Waals surface area contributed by atoms with E-state index >= 15 is 0 Å². The van der Waals surface area contributed by atoms with Gasteiger partial charge in [0.1, 0.15) is 5.75 Å². The largest absolute Gasteiger partial charge is 0.573 e. The summed E-state index contributed by atoms with van der Waals surface area (Å²) in [6.07, 6.45) is -1.78. The third-order valence-electron chi connectivity index (χ3n) is 4.69. The number of esters is 1. The number of aryl methyl sites for hydroxylation is 1. The van der Waals surface area contributed by atoms with Crippen LogP contribution in [-0.4, -0.2) is 43.8 Å². The molecule has 0 saturated carbocycles. The number of hydrogen-bond acceptors (Lipinski definition) is 5. The van der Waals surface area contributed by atoms with E-state index in [2.05, 4.69) is 28.2 Å². The second-order valence-corrected chi connectivity index (χ2v) is 8.80. The molecule has 5 nitrogen and oxygen atoms in total. The summed E-state index contributed by atoms with van der Waals surface area (Å²) in [6, 6.07) is 13.0. The van der Waals surface area contributed by atoms with Gasteiger partial charge in [-0.2, -0.15) is 0 Å². The molecule has 0 aromatic heterocycles. The summed E-state index contributed by atoms with van der Waals surface area (Å²) in [5.41, 5.74) is 5.59. The monoisotopic (exact) mass is 534 g/mol. The number of alkyl halides is 3. The van der Waals surface area contributed by atoms with Crippen molar-refractivity contribution in [1.29, 1.82) is 0 Å². The van der Waals surface area contributed by atoms with Crippen LogP contribution in [0.15, 0.2) is 76.7 Å². The predicted octanol–water partition coefficient (Wildman–Crippen LogP) is 7.73. The number of allylic oxidation sites excluding steroid dienone is 2. The molecular weight excluding hydrogens is 500 g/mol. The average molecular weight is 535 g/mol. The van der Waals surface area contributed by atoms with E-state index in [0.717, 1.165) is 23.2 Å². The molecule has 0 spiro atoms. The molecule has 0 aliphatic carbocycles. The van der Waals surface area contributed by atoms with Crippen molar-refractivity contribution in [3.8, 4) is 5.75 Å². The molecule has 2 rings (SSSR count). The lowest BCUT2D eigenvalue weighted by atomic mass is 10.1. The minimum Gasteiger partial charge on any atom is -0.462 e. The third kappa shape index (κ3) is 12.0. The quantitative estimate of drug-likeness (QED) is 0.188. The summed E-state index contributed by atoms with van der Waals surface area (Å²) >= 11 is 0. The number of aliphatic imine (C=N–C) groups is 2. The van der Waals surface area contributed by atoms with Crippen LogP contribution >= 0.6 is 8.58 Å². The SMILES string of the molecule is C=C(N=C(PC)C(C=C(C)C)=NC)c1ccc(OC(F)(F)F)cc1.CCOC(=O)c1ccc(CC)cc1. The van der Waals surface area contributed by atoms with E-state index in [1.54, 1.807) is 26.1 Å². The normalized spacial score (nSPS) is 12.0. The Hall–Kier alpha value is -3.25. The first kappa shape index (κ1) is 31.8. The van der Waals surface area contributed by atoms with Crippen molar-refractivity contribution in [3.63, 3.8) is 0 Å². The minimum atomic E-state index is -4.70. The number of nitrogens with zero attached hydrogens (tertiary/aromatic N) is 2. The molecule has 0 N–H and O–H groups in total. The van der Waals surface area contributed by atoms with E-state index in [1.807, 2.05) is 38.7 Å². The fourth-order valence-electron chi connectivity index (χ4n) is 2.89. The molecule has 0 aliphatic rings. The fraction of sp³-hybridized carbons (Fsp3) is 0.321. The highest BCUT2D eigenvalue weighted by Crippen LogP contribution is 2.25. The zero-order valence-electron chi connectivity index (χ0n) is 22.1. The lowest BCUT2D eigenvalue weighted by Crippen LogP contribution is -2.17. The third-order valence-corrected chi connectivity index (χ3v) is 5.53. The van der Waals surface area contributed by atoms with Gasteiger partial charge >= 0.3 is 12.3 Å². The first-order valence-electron chi connectivity index (χ1n) is 11.6. The minimum absolute atomic E-state index is 0.245. The Kier molecular flexibility index (Phi) is 13.5. The van der Waals surface area contributed by atoms with Crippen LogP contribution in [-0.2, 0) is 11.2 Å². The van der Waals surface area contributed by atoms with Gasteiger partial charge in [0.25, 0.3) is 0 Å². The van der Waals surface area contributed by atoms with Crippen LogP contribution in [0.5, 0.6) is 5.75 Å². The maximum Gasteiger partial charge on any atom is 0.573 e. The van der Waals surface area contributed by atoms with Crippen LogP contribution in [0.25, 0.3) is 5.70 Å². The number of carbonyl (C=O) groups is 1. The molecular formula is C28H34F3N2O3P. The van der Waals surface area contributed by atoms with Crippen molar-refractivity contribution < 1.29 is 27.4 Å². The van der Waals surface area contributed by atoms with Crippen LogP contribution in [0.1, 0.15) is 49.2 Å². The smallest absolute Gasteiger partial charge is 0.462 e. The number of benzene rings is 2. The molecule has 0 saturated heterocycles. The van der Waals surface area contributed by atoms with E-state index < -0.39 is 6.36 Å². The summed E-state index contributed by atoms with van der Waals surface area (Å²) in [5.74, 6) is -0.522. The Morgan fingerprint density at radius 2 is 1.59 bits per heavy atom. The molecule has 2 aromatic carbocycles. The van der Waals surface area contributed by atoms with E-state index in [-0.39, 0.29) is 11.7 Å². The topological polar surface area (TPSA) is 60.3 Å². The molecule has 0 radical (unpaired) electrons. The number of ether oxygens (including phenoxy) is 2. The Labute approximate surface area is 219 Å². The van der Waals surface area contributed by atoms with Crippen LogP contribution in [0.3, 0.4) is 0 Å².